The van der Waals surface area contributed by atoms with Crippen LogP contribution in [0.2, 0.25) is 0 Å². The number of benzene rings is 1. The molecule has 0 saturated carbocycles. The molecular weight excluding hydrogens is 251 g/mol. The van der Waals surface area contributed by atoms with E-state index in [1.165, 1.54) is 17.0 Å². The number of thiocarbonyl (C=S) groups is 1. The van der Waals surface area contributed by atoms with E-state index in [2.05, 4.69) is 0 Å². The van der Waals surface area contributed by atoms with E-state index in [4.69, 9.17) is 18.0 Å². The standard InChI is InChI=1S/C13H17FN2OS/c1-8-4-5-10(11(14)6-8)13(17)16(3)7-9(2)12(15)18/h4-6,9H,7H2,1-3H3,(H2,15,18). The van der Waals surface area contributed by atoms with E-state index in [1.54, 1.807) is 20.0 Å². The Labute approximate surface area is 112 Å². The van der Waals surface area contributed by atoms with Crippen LogP contribution in [0.5, 0.6) is 0 Å². The second-order valence-electron chi connectivity index (χ2n) is 4.47. The summed E-state index contributed by atoms with van der Waals surface area (Å²) in [4.78, 5) is 13.8. The highest BCUT2D eigenvalue weighted by molar-refractivity contribution is 7.80. The second kappa shape index (κ2) is 5.91. The van der Waals surface area contributed by atoms with Crippen LogP contribution in [0.25, 0.3) is 0 Å². The van der Waals surface area contributed by atoms with Crippen molar-refractivity contribution in [3.8, 4) is 0 Å². The minimum absolute atomic E-state index is 0.0678. The van der Waals surface area contributed by atoms with Gasteiger partial charge in [0.2, 0.25) is 0 Å². The van der Waals surface area contributed by atoms with E-state index < -0.39 is 5.82 Å². The molecule has 1 unspecified atom stereocenters. The van der Waals surface area contributed by atoms with Crippen molar-refractivity contribution in [3.05, 3.63) is 35.1 Å². The maximum Gasteiger partial charge on any atom is 0.256 e. The molecule has 18 heavy (non-hydrogen) atoms. The number of halogens is 1. The van der Waals surface area contributed by atoms with Crippen LogP contribution in [0.1, 0.15) is 22.8 Å². The number of hydrogen-bond donors (Lipinski definition) is 1. The Morgan fingerprint density at radius 2 is 2.17 bits per heavy atom. The highest BCUT2D eigenvalue weighted by Crippen LogP contribution is 2.13. The van der Waals surface area contributed by atoms with Crippen LogP contribution in [-0.2, 0) is 0 Å². The first kappa shape index (κ1) is 14.6. The molecule has 1 rings (SSSR count). The quantitative estimate of drug-likeness (QED) is 0.851. The van der Waals surface area contributed by atoms with Crippen molar-refractivity contribution in [1.82, 2.24) is 4.90 Å². The van der Waals surface area contributed by atoms with E-state index >= 15 is 0 Å². The van der Waals surface area contributed by atoms with Gasteiger partial charge in [-0.3, -0.25) is 4.79 Å². The van der Waals surface area contributed by atoms with Gasteiger partial charge in [0.15, 0.2) is 0 Å². The zero-order valence-corrected chi connectivity index (χ0v) is 11.6. The minimum Gasteiger partial charge on any atom is -0.393 e. The number of carbonyl (C=O) groups excluding carboxylic acids is 1. The number of nitrogens with two attached hydrogens (primary N) is 1. The molecule has 1 amide bonds. The van der Waals surface area contributed by atoms with Gasteiger partial charge < -0.3 is 10.6 Å². The Morgan fingerprint density at radius 3 is 2.67 bits per heavy atom. The molecule has 0 spiro atoms. The molecule has 0 aliphatic heterocycles. The average Bonchev–Trinajstić information content (AvgIpc) is 2.27. The summed E-state index contributed by atoms with van der Waals surface area (Å²) in [6.45, 7) is 3.98. The summed E-state index contributed by atoms with van der Waals surface area (Å²) in [5.41, 5.74) is 6.34. The fourth-order valence-electron chi connectivity index (χ4n) is 1.58. The molecule has 98 valence electrons. The zero-order chi connectivity index (χ0) is 13.9. The Bertz CT molecular complexity index is 476. The van der Waals surface area contributed by atoms with Gasteiger partial charge in [0.05, 0.1) is 10.6 Å². The summed E-state index contributed by atoms with van der Waals surface area (Å²) in [5.74, 6) is -0.965. The predicted octanol–water partition coefficient (Wildman–Crippen LogP) is 2.13. The number of aryl methyl sites for hydroxylation is 1. The van der Waals surface area contributed by atoms with E-state index in [1.807, 2.05) is 6.92 Å². The van der Waals surface area contributed by atoms with Crippen molar-refractivity contribution >= 4 is 23.1 Å². The predicted molar refractivity (Wildman–Crippen MR) is 74.0 cm³/mol. The lowest BCUT2D eigenvalue weighted by atomic mass is 10.1. The minimum atomic E-state index is -0.505. The van der Waals surface area contributed by atoms with Crippen molar-refractivity contribution in [3.63, 3.8) is 0 Å². The zero-order valence-electron chi connectivity index (χ0n) is 10.7. The Morgan fingerprint density at radius 1 is 1.56 bits per heavy atom. The highest BCUT2D eigenvalue weighted by atomic mass is 32.1. The van der Waals surface area contributed by atoms with Gasteiger partial charge in [-0.25, -0.2) is 4.39 Å². The van der Waals surface area contributed by atoms with Crippen LogP contribution in [0.15, 0.2) is 18.2 Å². The van der Waals surface area contributed by atoms with Crippen LogP contribution in [0.4, 0.5) is 4.39 Å². The number of amides is 1. The van der Waals surface area contributed by atoms with Gasteiger partial charge in [-0.2, -0.15) is 0 Å². The Hall–Kier alpha value is -1.49. The van der Waals surface area contributed by atoms with Crippen LogP contribution >= 0.6 is 12.2 Å². The van der Waals surface area contributed by atoms with E-state index in [0.717, 1.165) is 5.56 Å². The van der Waals surface area contributed by atoms with Crippen LogP contribution < -0.4 is 5.73 Å². The van der Waals surface area contributed by atoms with Gasteiger partial charge in [0, 0.05) is 19.5 Å². The smallest absolute Gasteiger partial charge is 0.256 e. The van der Waals surface area contributed by atoms with Crippen molar-refractivity contribution in [2.45, 2.75) is 13.8 Å². The molecule has 0 fully saturated rings. The van der Waals surface area contributed by atoms with E-state index in [-0.39, 0.29) is 17.4 Å². The normalized spacial score (nSPS) is 12.0. The summed E-state index contributed by atoms with van der Waals surface area (Å²) in [5, 5.41) is 0. The molecule has 1 atom stereocenters. The molecule has 0 saturated heterocycles. The van der Waals surface area contributed by atoms with Crippen molar-refractivity contribution in [2.75, 3.05) is 13.6 Å². The summed E-state index contributed by atoms with van der Waals surface area (Å²) >= 11 is 4.85. The molecule has 2 N–H and O–H groups in total. The molecular formula is C13H17FN2OS. The number of hydrogen-bond acceptors (Lipinski definition) is 2. The molecule has 0 aliphatic carbocycles. The van der Waals surface area contributed by atoms with Crippen molar-refractivity contribution in [1.29, 1.82) is 0 Å². The molecule has 0 aliphatic rings. The van der Waals surface area contributed by atoms with Crippen molar-refractivity contribution < 1.29 is 9.18 Å². The van der Waals surface area contributed by atoms with Gasteiger partial charge in [-0.1, -0.05) is 25.2 Å². The molecule has 1 aromatic rings. The third-order valence-corrected chi connectivity index (χ3v) is 3.14. The lowest BCUT2D eigenvalue weighted by Crippen LogP contribution is -2.35. The fourth-order valence-corrected chi connectivity index (χ4v) is 1.66. The van der Waals surface area contributed by atoms with E-state index in [0.29, 0.717) is 11.5 Å². The Balaban J connectivity index is 2.83. The van der Waals surface area contributed by atoms with Crippen molar-refractivity contribution in [2.24, 2.45) is 11.7 Å². The molecule has 5 heteroatoms. The fraction of sp³-hybridized carbons (Fsp3) is 0.385. The lowest BCUT2D eigenvalue weighted by molar-refractivity contribution is 0.0782. The maximum atomic E-state index is 13.7. The number of rotatable bonds is 4. The van der Waals surface area contributed by atoms with Gasteiger partial charge in [0.25, 0.3) is 5.91 Å². The molecule has 0 heterocycles. The highest BCUT2D eigenvalue weighted by Gasteiger charge is 2.18. The average molecular weight is 268 g/mol. The molecule has 0 bridgehead atoms. The lowest BCUT2D eigenvalue weighted by Gasteiger charge is -2.21. The topological polar surface area (TPSA) is 46.3 Å². The third-order valence-electron chi connectivity index (χ3n) is 2.74. The first-order chi connectivity index (χ1) is 8.32. The summed E-state index contributed by atoms with van der Waals surface area (Å²) in [6.07, 6.45) is 0. The monoisotopic (exact) mass is 268 g/mol. The van der Waals surface area contributed by atoms with Gasteiger partial charge >= 0.3 is 0 Å². The summed E-state index contributed by atoms with van der Waals surface area (Å²) in [6, 6.07) is 4.55. The van der Waals surface area contributed by atoms with Gasteiger partial charge in [-0.05, 0) is 24.6 Å². The number of carbonyl (C=O) groups is 1. The maximum absolute atomic E-state index is 13.7. The first-order valence-electron chi connectivity index (χ1n) is 5.64. The second-order valence-corrected chi connectivity index (χ2v) is 4.94. The summed E-state index contributed by atoms with van der Waals surface area (Å²) in [7, 11) is 1.61. The molecule has 0 radical (unpaired) electrons. The first-order valence-corrected chi connectivity index (χ1v) is 6.04. The molecule has 0 aromatic heterocycles. The third kappa shape index (κ3) is 3.50. The van der Waals surface area contributed by atoms with E-state index in [9.17, 15) is 9.18 Å². The number of nitrogens with zero attached hydrogens (tertiary/aromatic N) is 1. The molecule has 1 aromatic carbocycles. The largest absolute Gasteiger partial charge is 0.393 e. The van der Waals surface area contributed by atoms with Gasteiger partial charge in [0.1, 0.15) is 5.82 Å². The van der Waals surface area contributed by atoms with Gasteiger partial charge in [-0.15, -0.1) is 0 Å². The van der Waals surface area contributed by atoms with Crippen LogP contribution in [0, 0.1) is 18.7 Å². The SMILES string of the molecule is Cc1ccc(C(=O)N(C)CC(C)C(N)=S)c(F)c1. The Kier molecular flexibility index (Phi) is 4.78. The molecule has 3 nitrogen and oxygen atoms in total. The van der Waals surface area contributed by atoms with Crippen LogP contribution in [0.3, 0.4) is 0 Å². The van der Waals surface area contributed by atoms with Crippen LogP contribution in [-0.4, -0.2) is 29.4 Å². The summed E-state index contributed by atoms with van der Waals surface area (Å²) < 4.78 is 13.7.